The fraction of sp³-hybridized carbons (Fsp3) is 0.333. The number of aryl methyl sites for hydroxylation is 1. The van der Waals surface area contributed by atoms with Gasteiger partial charge in [-0.05, 0) is 38.1 Å². The summed E-state index contributed by atoms with van der Waals surface area (Å²) in [5.41, 5.74) is 8.01. The summed E-state index contributed by atoms with van der Waals surface area (Å²) in [4.78, 5) is 9.03. The van der Waals surface area contributed by atoms with E-state index < -0.39 is 0 Å². The van der Waals surface area contributed by atoms with Gasteiger partial charge in [0.05, 0.1) is 0 Å². The molecule has 24 heavy (non-hydrogen) atoms. The highest BCUT2D eigenvalue weighted by atomic mass is 79.9. The van der Waals surface area contributed by atoms with Crippen LogP contribution in [0.2, 0.25) is 0 Å². The largest absolute Gasteiger partial charge is 0.353 e. The number of rotatable bonds is 6. The highest BCUT2D eigenvalue weighted by Crippen LogP contribution is 2.24. The lowest BCUT2D eigenvalue weighted by atomic mass is 10.3. The normalized spacial score (nSPS) is 12.3. The molecule has 0 radical (unpaired) electrons. The van der Waals surface area contributed by atoms with E-state index in [1.54, 1.807) is 4.68 Å². The first-order valence-corrected chi connectivity index (χ1v) is 8.49. The first-order chi connectivity index (χ1) is 11.6. The number of nitrogens with zero attached hydrogens (tertiary/aromatic N) is 5. The van der Waals surface area contributed by atoms with Crippen molar-refractivity contribution in [1.82, 2.24) is 25.0 Å². The average molecular weight is 391 g/mol. The average Bonchev–Trinajstić information content (AvgIpc) is 2.98. The molecule has 0 spiro atoms. The van der Waals surface area contributed by atoms with Gasteiger partial charge in [-0.15, -0.1) is 5.10 Å². The lowest BCUT2D eigenvalue weighted by Crippen LogP contribution is -2.26. The van der Waals surface area contributed by atoms with Crippen molar-refractivity contribution in [3.63, 3.8) is 0 Å². The van der Waals surface area contributed by atoms with E-state index in [-0.39, 0.29) is 6.04 Å². The third kappa shape index (κ3) is 3.62. The van der Waals surface area contributed by atoms with Gasteiger partial charge in [0.15, 0.2) is 17.0 Å². The maximum atomic E-state index is 5.80. The minimum absolute atomic E-state index is 0.00129. The van der Waals surface area contributed by atoms with Crippen LogP contribution in [0, 0.1) is 0 Å². The molecule has 0 saturated heterocycles. The van der Waals surface area contributed by atoms with Gasteiger partial charge in [0.1, 0.15) is 0 Å². The van der Waals surface area contributed by atoms with Crippen LogP contribution in [0.3, 0.4) is 0 Å². The van der Waals surface area contributed by atoms with Crippen LogP contribution in [0.4, 0.5) is 17.5 Å². The van der Waals surface area contributed by atoms with Crippen LogP contribution in [0.15, 0.2) is 28.7 Å². The Balaban J connectivity index is 2.00. The van der Waals surface area contributed by atoms with Gasteiger partial charge in [0.2, 0.25) is 5.95 Å². The summed E-state index contributed by atoms with van der Waals surface area (Å²) in [6, 6.07) is 7.83. The number of nitrogens with one attached hydrogen (secondary N) is 2. The lowest BCUT2D eigenvalue weighted by Gasteiger charge is -2.11. The quantitative estimate of drug-likeness (QED) is 0.593. The number of hydrogen-bond acceptors (Lipinski definition) is 7. The monoisotopic (exact) mass is 390 g/mol. The van der Waals surface area contributed by atoms with Crippen molar-refractivity contribution in [2.75, 3.05) is 17.2 Å². The maximum Gasteiger partial charge on any atom is 0.226 e. The number of benzene rings is 1. The molecule has 9 heteroatoms. The molecule has 0 aliphatic rings. The van der Waals surface area contributed by atoms with Crippen LogP contribution in [-0.2, 0) is 6.54 Å². The van der Waals surface area contributed by atoms with E-state index >= 15 is 0 Å². The molecule has 0 amide bonds. The predicted molar refractivity (Wildman–Crippen MR) is 98.4 cm³/mol. The summed E-state index contributed by atoms with van der Waals surface area (Å²) in [5.74, 6) is 1.10. The van der Waals surface area contributed by atoms with Crippen LogP contribution in [0.5, 0.6) is 0 Å². The van der Waals surface area contributed by atoms with Gasteiger partial charge in [-0.2, -0.15) is 9.97 Å². The molecule has 1 aromatic carbocycles. The summed E-state index contributed by atoms with van der Waals surface area (Å²) in [7, 11) is 0. The first kappa shape index (κ1) is 16.6. The first-order valence-electron chi connectivity index (χ1n) is 7.70. The second-order valence-corrected chi connectivity index (χ2v) is 6.38. The summed E-state index contributed by atoms with van der Waals surface area (Å²) >= 11 is 3.43. The molecule has 2 aromatic heterocycles. The van der Waals surface area contributed by atoms with Gasteiger partial charge >= 0.3 is 0 Å². The minimum atomic E-state index is 0.00129. The molecular formula is C15H19BrN8. The number of aromatic nitrogens is 5. The van der Waals surface area contributed by atoms with E-state index in [0.29, 0.717) is 36.0 Å². The van der Waals surface area contributed by atoms with Crippen LogP contribution in [0.25, 0.3) is 11.2 Å². The number of fused-ring (bicyclic) bond motifs is 1. The Bertz CT molecular complexity index is 827. The van der Waals surface area contributed by atoms with E-state index in [1.165, 1.54) is 0 Å². The van der Waals surface area contributed by atoms with Crippen molar-refractivity contribution in [2.45, 2.75) is 26.4 Å². The van der Waals surface area contributed by atoms with Crippen molar-refractivity contribution >= 4 is 44.5 Å². The number of halogens is 1. The molecule has 1 atom stereocenters. The molecule has 0 saturated carbocycles. The molecule has 3 aromatic rings. The van der Waals surface area contributed by atoms with E-state index in [9.17, 15) is 0 Å². The van der Waals surface area contributed by atoms with Crippen LogP contribution < -0.4 is 16.4 Å². The zero-order valence-corrected chi connectivity index (χ0v) is 15.1. The Morgan fingerprint density at radius 2 is 2.00 bits per heavy atom. The molecule has 0 aliphatic heterocycles. The van der Waals surface area contributed by atoms with E-state index in [4.69, 9.17) is 5.73 Å². The molecule has 1 unspecified atom stereocenters. The zero-order chi connectivity index (χ0) is 17.1. The number of hydrogen-bond donors (Lipinski definition) is 3. The third-order valence-electron chi connectivity index (χ3n) is 3.35. The smallest absolute Gasteiger partial charge is 0.226 e. The minimum Gasteiger partial charge on any atom is -0.353 e. The van der Waals surface area contributed by atoms with Crippen LogP contribution in [-0.4, -0.2) is 37.5 Å². The Hall–Kier alpha value is -2.26. The summed E-state index contributed by atoms with van der Waals surface area (Å²) in [6.07, 6.45) is 0. The summed E-state index contributed by atoms with van der Waals surface area (Å²) in [5, 5.41) is 14.8. The molecular weight excluding hydrogens is 372 g/mol. The van der Waals surface area contributed by atoms with Gasteiger partial charge in [0, 0.05) is 29.3 Å². The Morgan fingerprint density at radius 1 is 1.25 bits per heavy atom. The van der Waals surface area contributed by atoms with Gasteiger partial charge in [-0.25, -0.2) is 4.68 Å². The fourth-order valence-corrected chi connectivity index (χ4v) is 2.42. The lowest BCUT2D eigenvalue weighted by molar-refractivity contribution is 0.641. The van der Waals surface area contributed by atoms with E-state index in [1.807, 2.05) is 38.1 Å². The Kier molecular flexibility index (Phi) is 4.91. The van der Waals surface area contributed by atoms with Crippen molar-refractivity contribution < 1.29 is 0 Å². The number of anilines is 3. The third-order valence-corrected chi connectivity index (χ3v) is 3.88. The van der Waals surface area contributed by atoms with Crippen molar-refractivity contribution in [3.8, 4) is 0 Å². The molecule has 0 fully saturated rings. The van der Waals surface area contributed by atoms with E-state index in [2.05, 4.69) is 46.8 Å². The molecule has 126 valence electrons. The second-order valence-electron chi connectivity index (χ2n) is 5.46. The molecule has 8 nitrogen and oxygen atoms in total. The zero-order valence-electron chi connectivity index (χ0n) is 13.5. The molecule has 2 heterocycles. The summed E-state index contributed by atoms with van der Waals surface area (Å²) < 4.78 is 2.75. The highest BCUT2D eigenvalue weighted by Gasteiger charge is 2.14. The Labute approximate surface area is 148 Å². The molecule has 3 rings (SSSR count). The van der Waals surface area contributed by atoms with Gasteiger partial charge < -0.3 is 16.4 Å². The van der Waals surface area contributed by atoms with Crippen molar-refractivity contribution in [1.29, 1.82) is 0 Å². The SMILES string of the molecule is CCn1nnc2c(Nc3ccc(Br)cc3)nc(NCC(C)N)nc21. The standard InChI is InChI=1S/C15H19BrN8/c1-3-24-14-12(22-23-24)13(19-11-6-4-10(16)5-7-11)20-15(21-14)18-8-9(2)17/h4-7,9H,3,8,17H2,1-2H3,(H2,18,19,20,21). The summed E-state index contributed by atoms with van der Waals surface area (Å²) in [6.45, 7) is 5.17. The predicted octanol–water partition coefficient (Wildman–Crippen LogP) is 2.51. The fourth-order valence-electron chi connectivity index (χ4n) is 2.16. The number of nitrogens with two attached hydrogens (primary N) is 1. The van der Waals surface area contributed by atoms with Crippen molar-refractivity contribution in [3.05, 3.63) is 28.7 Å². The molecule has 4 N–H and O–H groups in total. The molecule has 0 bridgehead atoms. The topological polar surface area (TPSA) is 107 Å². The van der Waals surface area contributed by atoms with Crippen LogP contribution >= 0.6 is 15.9 Å². The van der Waals surface area contributed by atoms with Gasteiger partial charge in [-0.3, -0.25) is 0 Å². The van der Waals surface area contributed by atoms with Crippen molar-refractivity contribution in [2.24, 2.45) is 5.73 Å². The second kappa shape index (κ2) is 7.10. The maximum absolute atomic E-state index is 5.80. The van der Waals surface area contributed by atoms with Gasteiger partial charge in [-0.1, -0.05) is 21.1 Å². The highest BCUT2D eigenvalue weighted by molar-refractivity contribution is 9.10. The van der Waals surface area contributed by atoms with E-state index in [0.717, 1.165) is 10.2 Å². The Morgan fingerprint density at radius 3 is 2.67 bits per heavy atom. The van der Waals surface area contributed by atoms with Gasteiger partial charge in [0.25, 0.3) is 0 Å². The van der Waals surface area contributed by atoms with Crippen LogP contribution in [0.1, 0.15) is 13.8 Å². The molecule has 0 aliphatic carbocycles.